The van der Waals surface area contributed by atoms with Crippen molar-refractivity contribution in [2.24, 2.45) is 0 Å². The van der Waals surface area contributed by atoms with Crippen LogP contribution < -0.4 is 10.1 Å². The predicted octanol–water partition coefficient (Wildman–Crippen LogP) is 2.47. The molecule has 5 nitrogen and oxygen atoms in total. The minimum absolute atomic E-state index is 0.593. The molecule has 0 amide bonds. The number of aromatic nitrogens is 3. The molecular weight excluding hydrogens is 240 g/mol. The van der Waals surface area contributed by atoms with Gasteiger partial charge in [0.05, 0.1) is 0 Å². The van der Waals surface area contributed by atoms with E-state index >= 15 is 0 Å². The normalized spacial score (nSPS) is 14.6. The Bertz CT molecular complexity index is 575. The Hall–Kier alpha value is -1.88. The maximum absolute atomic E-state index is 5.84. The topological polar surface area (TPSA) is 62.8 Å². The third-order valence-electron chi connectivity index (χ3n) is 3.14. The highest BCUT2D eigenvalue weighted by atomic mass is 16.5. The second-order valence-corrected chi connectivity index (χ2v) is 5.08. The summed E-state index contributed by atoms with van der Waals surface area (Å²) in [6.45, 7) is 4.70. The average molecular weight is 258 g/mol. The Balaban J connectivity index is 1.78. The first-order valence-electron chi connectivity index (χ1n) is 6.59. The predicted molar refractivity (Wildman–Crippen MR) is 72.2 cm³/mol. The maximum Gasteiger partial charge on any atom is 0.238 e. The zero-order valence-corrected chi connectivity index (χ0v) is 11.2. The number of nitrogens with one attached hydrogen (secondary N) is 2. The van der Waals surface area contributed by atoms with E-state index in [-0.39, 0.29) is 0 Å². The van der Waals surface area contributed by atoms with E-state index in [1.807, 2.05) is 32.2 Å². The number of rotatable bonds is 5. The van der Waals surface area contributed by atoms with Gasteiger partial charge in [0.2, 0.25) is 5.88 Å². The smallest absolute Gasteiger partial charge is 0.238 e. The number of ether oxygens (including phenoxy) is 1. The summed E-state index contributed by atoms with van der Waals surface area (Å²) in [7, 11) is 0. The third-order valence-corrected chi connectivity index (χ3v) is 3.14. The molecule has 2 aromatic rings. The van der Waals surface area contributed by atoms with Crippen molar-refractivity contribution >= 4 is 0 Å². The highest BCUT2D eigenvalue weighted by Crippen LogP contribution is 2.26. The SMILES string of the molecule is Cc1cc(Oc2cc(C)[nH]n2)c(CNC2CC2)cn1. The minimum atomic E-state index is 0.593. The lowest BCUT2D eigenvalue weighted by Crippen LogP contribution is -2.16. The van der Waals surface area contributed by atoms with E-state index in [0.29, 0.717) is 11.9 Å². The summed E-state index contributed by atoms with van der Waals surface area (Å²) in [5.41, 5.74) is 2.99. The first-order valence-corrected chi connectivity index (χ1v) is 6.59. The highest BCUT2D eigenvalue weighted by Gasteiger charge is 2.21. The molecule has 1 aliphatic rings. The van der Waals surface area contributed by atoms with Gasteiger partial charge in [-0.3, -0.25) is 10.1 Å². The zero-order valence-electron chi connectivity index (χ0n) is 11.2. The number of aryl methyl sites for hydroxylation is 2. The number of aromatic amines is 1. The van der Waals surface area contributed by atoms with Crippen LogP contribution in [0.4, 0.5) is 0 Å². The number of hydrogen-bond acceptors (Lipinski definition) is 4. The molecule has 0 aliphatic heterocycles. The monoisotopic (exact) mass is 258 g/mol. The lowest BCUT2D eigenvalue weighted by Gasteiger charge is -2.10. The molecule has 0 spiro atoms. The van der Waals surface area contributed by atoms with Crippen LogP contribution in [0.25, 0.3) is 0 Å². The Labute approximate surface area is 112 Å². The van der Waals surface area contributed by atoms with Gasteiger partial charge < -0.3 is 10.1 Å². The summed E-state index contributed by atoms with van der Waals surface area (Å²) >= 11 is 0. The lowest BCUT2D eigenvalue weighted by molar-refractivity contribution is 0.451. The zero-order chi connectivity index (χ0) is 13.2. The van der Waals surface area contributed by atoms with Crippen molar-refractivity contribution in [3.05, 3.63) is 35.3 Å². The van der Waals surface area contributed by atoms with Gasteiger partial charge in [0.15, 0.2) is 0 Å². The fourth-order valence-electron chi connectivity index (χ4n) is 1.89. The van der Waals surface area contributed by atoms with E-state index in [9.17, 15) is 0 Å². The fourth-order valence-corrected chi connectivity index (χ4v) is 1.89. The summed E-state index contributed by atoms with van der Waals surface area (Å²) in [5.74, 6) is 1.42. The number of hydrogen-bond donors (Lipinski definition) is 2. The number of pyridine rings is 1. The van der Waals surface area contributed by atoms with Crippen molar-refractivity contribution in [3.63, 3.8) is 0 Å². The molecule has 0 unspecified atom stereocenters. The van der Waals surface area contributed by atoms with Gasteiger partial charge in [0.1, 0.15) is 5.75 Å². The van der Waals surface area contributed by atoms with Gasteiger partial charge in [0, 0.05) is 47.9 Å². The molecule has 0 atom stereocenters. The van der Waals surface area contributed by atoms with Crippen LogP contribution >= 0.6 is 0 Å². The Kier molecular flexibility index (Phi) is 3.21. The molecule has 2 heterocycles. The highest BCUT2D eigenvalue weighted by molar-refractivity contribution is 5.36. The molecule has 1 aliphatic carbocycles. The molecule has 0 aromatic carbocycles. The largest absolute Gasteiger partial charge is 0.437 e. The second kappa shape index (κ2) is 5.01. The number of H-pyrrole nitrogens is 1. The molecule has 0 radical (unpaired) electrons. The molecule has 19 heavy (non-hydrogen) atoms. The first kappa shape index (κ1) is 12.2. The lowest BCUT2D eigenvalue weighted by atomic mass is 10.2. The van der Waals surface area contributed by atoms with Crippen molar-refractivity contribution in [2.45, 2.75) is 39.3 Å². The average Bonchev–Trinajstić information content (AvgIpc) is 3.12. The molecule has 1 saturated carbocycles. The van der Waals surface area contributed by atoms with Crippen molar-refractivity contribution < 1.29 is 4.74 Å². The van der Waals surface area contributed by atoms with Crippen LogP contribution in [0.1, 0.15) is 29.8 Å². The van der Waals surface area contributed by atoms with E-state index < -0.39 is 0 Å². The first-order chi connectivity index (χ1) is 9.20. The molecule has 0 bridgehead atoms. The van der Waals surface area contributed by atoms with Crippen LogP contribution in [0.5, 0.6) is 11.6 Å². The molecule has 100 valence electrons. The van der Waals surface area contributed by atoms with Gasteiger partial charge in [-0.05, 0) is 26.7 Å². The van der Waals surface area contributed by atoms with Gasteiger partial charge in [-0.15, -0.1) is 5.10 Å². The summed E-state index contributed by atoms with van der Waals surface area (Å²) in [6, 6.07) is 4.50. The van der Waals surface area contributed by atoms with Gasteiger partial charge in [-0.25, -0.2) is 0 Å². The van der Waals surface area contributed by atoms with Crippen LogP contribution in [0.3, 0.4) is 0 Å². The summed E-state index contributed by atoms with van der Waals surface area (Å²) in [5, 5.41) is 10.5. The fraction of sp³-hybridized carbons (Fsp3) is 0.429. The van der Waals surface area contributed by atoms with E-state index in [0.717, 1.165) is 29.2 Å². The van der Waals surface area contributed by atoms with Crippen LogP contribution in [-0.2, 0) is 6.54 Å². The molecule has 5 heteroatoms. The van der Waals surface area contributed by atoms with Crippen molar-refractivity contribution in [3.8, 4) is 11.6 Å². The van der Waals surface area contributed by atoms with Gasteiger partial charge >= 0.3 is 0 Å². The van der Waals surface area contributed by atoms with Crippen LogP contribution in [0, 0.1) is 13.8 Å². The van der Waals surface area contributed by atoms with Crippen molar-refractivity contribution in [1.82, 2.24) is 20.5 Å². The second-order valence-electron chi connectivity index (χ2n) is 5.08. The standard InChI is InChI=1S/C14H18N4O/c1-9-5-13(19-14-6-10(2)17-18-14)11(7-15-9)8-16-12-3-4-12/h5-7,12,16H,3-4,8H2,1-2H3,(H,17,18). The molecular formula is C14H18N4O. The van der Waals surface area contributed by atoms with Gasteiger partial charge in [-0.1, -0.05) is 0 Å². The minimum Gasteiger partial charge on any atom is -0.437 e. The van der Waals surface area contributed by atoms with E-state index in [1.165, 1.54) is 12.8 Å². The molecule has 0 saturated heterocycles. The third kappa shape index (κ3) is 3.12. The Morgan fingerprint density at radius 1 is 1.37 bits per heavy atom. The van der Waals surface area contributed by atoms with E-state index in [1.54, 1.807) is 0 Å². The Morgan fingerprint density at radius 2 is 2.21 bits per heavy atom. The number of nitrogens with zero attached hydrogens (tertiary/aromatic N) is 2. The van der Waals surface area contributed by atoms with E-state index in [4.69, 9.17) is 4.74 Å². The van der Waals surface area contributed by atoms with Gasteiger partial charge in [0.25, 0.3) is 0 Å². The molecule has 2 N–H and O–H groups in total. The van der Waals surface area contributed by atoms with Crippen molar-refractivity contribution in [2.75, 3.05) is 0 Å². The van der Waals surface area contributed by atoms with Crippen molar-refractivity contribution in [1.29, 1.82) is 0 Å². The van der Waals surface area contributed by atoms with Crippen LogP contribution in [0.15, 0.2) is 18.3 Å². The van der Waals surface area contributed by atoms with Crippen LogP contribution in [-0.4, -0.2) is 21.2 Å². The maximum atomic E-state index is 5.84. The van der Waals surface area contributed by atoms with Gasteiger partial charge in [-0.2, -0.15) is 0 Å². The Morgan fingerprint density at radius 3 is 2.89 bits per heavy atom. The molecule has 2 aromatic heterocycles. The summed E-state index contributed by atoms with van der Waals surface area (Å²) in [6.07, 6.45) is 4.42. The summed E-state index contributed by atoms with van der Waals surface area (Å²) < 4.78 is 5.84. The van der Waals surface area contributed by atoms with E-state index in [2.05, 4.69) is 20.5 Å². The quantitative estimate of drug-likeness (QED) is 0.864. The molecule has 1 fully saturated rings. The summed E-state index contributed by atoms with van der Waals surface area (Å²) in [4.78, 5) is 4.34. The van der Waals surface area contributed by atoms with Crippen LogP contribution in [0.2, 0.25) is 0 Å². The molecule has 3 rings (SSSR count).